The largest absolute Gasteiger partial charge is 0.497 e. The summed E-state index contributed by atoms with van der Waals surface area (Å²) in [6.07, 6.45) is 3.83. The van der Waals surface area contributed by atoms with E-state index in [1.54, 1.807) is 13.2 Å². The second-order valence-corrected chi connectivity index (χ2v) is 6.78. The van der Waals surface area contributed by atoms with Crippen molar-refractivity contribution >= 4 is 17.3 Å². The molecule has 0 unspecified atom stereocenters. The molecule has 0 bridgehead atoms. The lowest BCUT2D eigenvalue weighted by Gasteiger charge is -2.28. The Kier molecular flexibility index (Phi) is 6.58. The fraction of sp³-hybridized carbons (Fsp3) is 0.409. The van der Waals surface area contributed by atoms with Crippen LogP contribution in [0.15, 0.2) is 48.5 Å². The van der Waals surface area contributed by atoms with Crippen molar-refractivity contribution < 1.29 is 14.3 Å². The van der Waals surface area contributed by atoms with Crippen LogP contribution in [-0.2, 0) is 4.79 Å². The molecule has 0 radical (unpaired) electrons. The van der Waals surface area contributed by atoms with Crippen LogP contribution >= 0.6 is 0 Å². The molecule has 5 nitrogen and oxygen atoms in total. The Balaban J connectivity index is 1.60. The standard InChI is InChI=1S/C22H28N2O3/c1-3-21(27-20-9-7-8-19(16-20)26-2)22(25)23-17-10-12-18(13-11-17)24-14-5-4-6-15-24/h7-13,16,21H,3-6,14-15H2,1-2H3,(H,23,25)/t21-/m1/s1. The molecule has 0 aromatic heterocycles. The molecular weight excluding hydrogens is 340 g/mol. The Morgan fingerprint density at radius 1 is 1.07 bits per heavy atom. The third kappa shape index (κ3) is 5.16. The van der Waals surface area contributed by atoms with Gasteiger partial charge in [0.05, 0.1) is 7.11 Å². The molecule has 0 saturated carbocycles. The quantitative estimate of drug-likeness (QED) is 0.783. The summed E-state index contributed by atoms with van der Waals surface area (Å²) >= 11 is 0. The molecule has 1 fully saturated rings. The maximum Gasteiger partial charge on any atom is 0.265 e. The van der Waals surface area contributed by atoms with E-state index in [-0.39, 0.29) is 5.91 Å². The second kappa shape index (κ2) is 9.31. The average molecular weight is 368 g/mol. The van der Waals surface area contributed by atoms with Gasteiger partial charge in [-0.1, -0.05) is 13.0 Å². The zero-order chi connectivity index (χ0) is 19.1. The molecule has 1 amide bonds. The fourth-order valence-electron chi connectivity index (χ4n) is 3.29. The summed E-state index contributed by atoms with van der Waals surface area (Å²) in [7, 11) is 1.61. The van der Waals surface area contributed by atoms with Crippen molar-refractivity contribution in [1.82, 2.24) is 0 Å². The van der Waals surface area contributed by atoms with Gasteiger partial charge in [0.2, 0.25) is 0 Å². The minimum atomic E-state index is -0.557. The molecule has 0 spiro atoms. The summed E-state index contributed by atoms with van der Waals surface area (Å²) in [6.45, 7) is 4.15. The number of ether oxygens (including phenoxy) is 2. The lowest BCUT2D eigenvalue weighted by molar-refractivity contribution is -0.122. The first-order chi connectivity index (χ1) is 13.2. The molecule has 1 N–H and O–H groups in total. The highest BCUT2D eigenvalue weighted by atomic mass is 16.5. The number of nitrogens with one attached hydrogen (secondary N) is 1. The number of anilines is 2. The van der Waals surface area contributed by atoms with Crippen molar-refractivity contribution in [3.8, 4) is 11.5 Å². The summed E-state index contributed by atoms with van der Waals surface area (Å²) in [6, 6.07) is 15.4. The van der Waals surface area contributed by atoms with Crippen molar-refractivity contribution in [3.05, 3.63) is 48.5 Å². The van der Waals surface area contributed by atoms with Gasteiger partial charge in [-0.25, -0.2) is 0 Å². The number of carbonyl (C=O) groups excluding carboxylic acids is 1. The molecule has 144 valence electrons. The van der Waals surface area contributed by atoms with Crippen LogP contribution in [0.2, 0.25) is 0 Å². The maximum atomic E-state index is 12.6. The van der Waals surface area contributed by atoms with Gasteiger partial charge in [-0.3, -0.25) is 4.79 Å². The smallest absolute Gasteiger partial charge is 0.265 e. The molecule has 1 heterocycles. The van der Waals surface area contributed by atoms with E-state index in [2.05, 4.69) is 22.3 Å². The normalized spacial score (nSPS) is 15.1. The van der Waals surface area contributed by atoms with Crippen LogP contribution in [0, 0.1) is 0 Å². The van der Waals surface area contributed by atoms with E-state index in [1.807, 2.05) is 37.3 Å². The number of amides is 1. The average Bonchev–Trinajstić information content (AvgIpc) is 2.73. The van der Waals surface area contributed by atoms with Gasteiger partial charge in [0, 0.05) is 30.5 Å². The second-order valence-electron chi connectivity index (χ2n) is 6.78. The lowest BCUT2D eigenvalue weighted by atomic mass is 10.1. The summed E-state index contributed by atoms with van der Waals surface area (Å²) in [5.74, 6) is 1.18. The number of hydrogen-bond acceptors (Lipinski definition) is 4. The van der Waals surface area contributed by atoms with Crippen LogP contribution in [0.4, 0.5) is 11.4 Å². The summed E-state index contributed by atoms with van der Waals surface area (Å²) in [5.41, 5.74) is 2.00. The highest BCUT2D eigenvalue weighted by Crippen LogP contribution is 2.23. The first kappa shape index (κ1) is 19.1. The predicted molar refractivity (Wildman–Crippen MR) is 109 cm³/mol. The number of benzene rings is 2. The van der Waals surface area contributed by atoms with Crippen molar-refractivity contribution in [1.29, 1.82) is 0 Å². The Morgan fingerprint density at radius 3 is 2.44 bits per heavy atom. The Labute approximate surface area is 161 Å². The van der Waals surface area contributed by atoms with Crippen molar-refractivity contribution in [2.24, 2.45) is 0 Å². The van der Waals surface area contributed by atoms with Gasteiger partial charge >= 0.3 is 0 Å². The Bertz CT molecular complexity index is 739. The molecule has 27 heavy (non-hydrogen) atoms. The molecule has 1 saturated heterocycles. The predicted octanol–water partition coefficient (Wildman–Crippen LogP) is 4.48. The van der Waals surface area contributed by atoms with E-state index in [4.69, 9.17) is 9.47 Å². The van der Waals surface area contributed by atoms with Gasteiger partial charge in [-0.15, -0.1) is 0 Å². The van der Waals surface area contributed by atoms with Crippen LogP contribution in [0.25, 0.3) is 0 Å². The molecule has 2 aromatic carbocycles. The van der Waals surface area contributed by atoms with E-state index in [0.717, 1.165) is 18.8 Å². The third-order valence-electron chi connectivity index (χ3n) is 4.84. The van der Waals surface area contributed by atoms with Crippen LogP contribution in [0.1, 0.15) is 32.6 Å². The van der Waals surface area contributed by atoms with Gasteiger partial charge in [-0.05, 0) is 62.1 Å². The Hall–Kier alpha value is -2.69. The minimum Gasteiger partial charge on any atom is -0.497 e. The van der Waals surface area contributed by atoms with Gasteiger partial charge in [0.1, 0.15) is 11.5 Å². The van der Waals surface area contributed by atoms with Crippen molar-refractivity contribution in [2.45, 2.75) is 38.7 Å². The first-order valence-corrected chi connectivity index (χ1v) is 9.66. The van der Waals surface area contributed by atoms with Crippen molar-refractivity contribution in [2.75, 3.05) is 30.4 Å². The zero-order valence-electron chi connectivity index (χ0n) is 16.1. The van der Waals surface area contributed by atoms with Crippen LogP contribution < -0.4 is 19.7 Å². The van der Waals surface area contributed by atoms with E-state index in [1.165, 1.54) is 24.9 Å². The fourth-order valence-corrected chi connectivity index (χ4v) is 3.29. The molecule has 1 aliphatic rings. The molecule has 0 aliphatic carbocycles. The van der Waals surface area contributed by atoms with E-state index in [0.29, 0.717) is 17.9 Å². The molecular formula is C22H28N2O3. The topological polar surface area (TPSA) is 50.8 Å². The van der Waals surface area contributed by atoms with E-state index in [9.17, 15) is 4.79 Å². The maximum absolute atomic E-state index is 12.6. The van der Waals surface area contributed by atoms with Crippen LogP contribution in [-0.4, -0.2) is 32.2 Å². The van der Waals surface area contributed by atoms with Crippen LogP contribution in [0.5, 0.6) is 11.5 Å². The minimum absolute atomic E-state index is 0.147. The SMILES string of the molecule is CC[C@@H](Oc1cccc(OC)c1)C(=O)Nc1ccc(N2CCCCC2)cc1. The monoisotopic (exact) mass is 368 g/mol. The number of nitrogens with zero attached hydrogens (tertiary/aromatic N) is 1. The number of rotatable bonds is 7. The highest BCUT2D eigenvalue weighted by molar-refractivity contribution is 5.94. The number of methoxy groups -OCH3 is 1. The zero-order valence-corrected chi connectivity index (χ0v) is 16.1. The van der Waals surface area contributed by atoms with Gasteiger partial charge < -0.3 is 19.7 Å². The number of hydrogen-bond donors (Lipinski definition) is 1. The van der Waals surface area contributed by atoms with Crippen molar-refractivity contribution in [3.63, 3.8) is 0 Å². The Morgan fingerprint density at radius 2 is 1.78 bits per heavy atom. The summed E-state index contributed by atoms with van der Waals surface area (Å²) < 4.78 is 11.1. The summed E-state index contributed by atoms with van der Waals surface area (Å²) in [5, 5.41) is 2.96. The number of piperidine rings is 1. The summed E-state index contributed by atoms with van der Waals surface area (Å²) in [4.78, 5) is 15.0. The molecule has 1 aliphatic heterocycles. The van der Waals surface area contributed by atoms with E-state index >= 15 is 0 Å². The molecule has 1 atom stereocenters. The van der Waals surface area contributed by atoms with Gasteiger partial charge in [0.25, 0.3) is 5.91 Å². The van der Waals surface area contributed by atoms with Gasteiger partial charge in [0.15, 0.2) is 6.10 Å². The van der Waals surface area contributed by atoms with E-state index < -0.39 is 6.10 Å². The first-order valence-electron chi connectivity index (χ1n) is 9.66. The molecule has 5 heteroatoms. The van der Waals surface area contributed by atoms with Gasteiger partial charge in [-0.2, -0.15) is 0 Å². The number of carbonyl (C=O) groups is 1. The highest BCUT2D eigenvalue weighted by Gasteiger charge is 2.19. The van der Waals surface area contributed by atoms with Crippen LogP contribution in [0.3, 0.4) is 0 Å². The lowest BCUT2D eigenvalue weighted by Crippen LogP contribution is -2.32. The molecule has 2 aromatic rings. The third-order valence-corrected chi connectivity index (χ3v) is 4.84. The molecule has 3 rings (SSSR count).